The maximum atomic E-state index is 13.0. The van der Waals surface area contributed by atoms with Crippen LogP contribution in [0.2, 0.25) is 0 Å². The van der Waals surface area contributed by atoms with Crippen molar-refractivity contribution in [2.75, 3.05) is 36.4 Å². The zero-order valence-corrected chi connectivity index (χ0v) is 15.7. The molecule has 1 saturated heterocycles. The molecule has 28 heavy (non-hydrogen) atoms. The van der Waals surface area contributed by atoms with Gasteiger partial charge in [-0.25, -0.2) is 4.39 Å². The second kappa shape index (κ2) is 8.00. The highest BCUT2D eigenvalue weighted by atomic mass is 19.1. The van der Waals surface area contributed by atoms with E-state index in [1.165, 1.54) is 12.1 Å². The number of anilines is 2. The Kier molecular flexibility index (Phi) is 5.28. The molecule has 5 nitrogen and oxygen atoms in total. The summed E-state index contributed by atoms with van der Waals surface area (Å²) in [6, 6.07) is 14.0. The molecule has 2 aromatic rings. The quantitative estimate of drug-likeness (QED) is 0.866. The van der Waals surface area contributed by atoms with Crippen molar-refractivity contribution < 1.29 is 14.0 Å². The smallest absolute Gasteiger partial charge is 0.227 e. The lowest BCUT2D eigenvalue weighted by Crippen LogP contribution is -2.49. The van der Waals surface area contributed by atoms with E-state index in [2.05, 4.69) is 10.2 Å². The first-order valence-electron chi connectivity index (χ1n) is 9.76. The van der Waals surface area contributed by atoms with Gasteiger partial charge in [0.2, 0.25) is 11.8 Å². The van der Waals surface area contributed by atoms with E-state index in [1.54, 1.807) is 12.1 Å². The van der Waals surface area contributed by atoms with E-state index < -0.39 is 0 Å². The first-order valence-corrected chi connectivity index (χ1v) is 9.76. The number of benzene rings is 2. The van der Waals surface area contributed by atoms with Gasteiger partial charge in [-0.2, -0.15) is 0 Å². The van der Waals surface area contributed by atoms with Crippen LogP contribution >= 0.6 is 0 Å². The van der Waals surface area contributed by atoms with E-state index in [0.29, 0.717) is 19.5 Å². The van der Waals surface area contributed by atoms with E-state index in [0.717, 1.165) is 42.9 Å². The van der Waals surface area contributed by atoms with Gasteiger partial charge in [0.15, 0.2) is 0 Å². The highest BCUT2D eigenvalue weighted by Gasteiger charge is 2.29. The van der Waals surface area contributed by atoms with Crippen LogP contribution < -0.4 is 10.2 Å². The fourth-order valence-corrected chi connectivity index (χ4v) is 3.45. The zero-order valence-electron chi connectivity index (χ0n) is 15.7. The largest absolute Gasteiger partial charge is 0.368 e. The summed E-state index contributed by atoms with van der Waals surface area (Å²) < 4.78 is 13.0. The summed E-state index contributed by atoms with van der Waals surface area (Å²) in [6.45, 7) is 2.87. The van der Waals surface area contributed by atoms with E-state index in [-0.39, 0.29) is 23.5 Å². The van der Waals surface area contributed by atoms with Crippen molar-refractivity contribution in [3.63, 3.8) is 0 Å². The number of halogens is 1. The molecule has 1 N–H and O–H groups in total. The van der Waals surface area contributed by atoms with Gasteiger partial charge < -0.3 is 15.1 Å². The summed E-state index contributed by atoms with van der Waals surface area (Å²) >= 11 is 0. The molecule has 0 unspecified atom stereocenters. The lowest BCUT2D eigenvalue weighted by molar-refractivity contribution is -0.130. The summed E-state index contributed by atoms with van der Waals surface area (Å²) in [4.78, 5) is 28.4. The van der Waals surface area contributed by atoms with Crippen LogP contribution in [-0.2, 0) is 16.0 Å². The van der Waals surface area contributed by atoms with Crippen molar-refractivity contribution in [1.29, 1.82) is 0 Å². The highest BCUT2D eigenvalue weighted by Crippen LogP contribution is 2.30. The number of hydrogen-bond acceptors (Lipinski definition) is 3. The van der Waals surface area contributed by atoms with Gasteiger partial charge in [-0.05, 0) is 54.8 Å². The number of nitrogens with one attached hydrogen (secondary N) is 1. The van der Waals surface area contributed by atoms with Crippen LogP contribution in [0.3, 0.4) is 0 Å². The Bertz CT molecular complexity index is 839. The van der Waals surface area contributed by atoms with Gasteiger partial charge >= 0.3 is 0 Å². The first-order chi connectivity index (χ1) is 13.6. The number of hydrogen-bond donors (Lipinski definition) is 1. The number of carbonyl (C=O) groups is 2. The van der Waals surface area contributed by atoms with Gasteiger partial charge in [-0.15, -0.1) is 0 Å². The lowest BCUT2D eigenvalue weighted by Gasteiger charge is -2.36. The minimum Gasteiger partial charge on any atom is -0.368 e. The van der Waals surface area contributed by atoms with Gasteiger partial charge in [-0.1, -0.05) is 12.1 Å². The molecule has 4 rings (SSSR count). The van der Waals surface area contributed by atoms with Crippen LogP contribution in [0, 0.1) is 11.7 Å². The average molecular weight is 381 g/mol. The lowest BCUT2D eigenvalue weighted by atomic mass is 10.1. The van der Waals surface area contributed by atoms with Gasteiger partial charge in [-0.3, -0.25) is 9.59 Å². The summed E-state index contributed by atoms with van der Waals surface area (Å²) in [5, 5.41) is 2.95. The Morgan fingerprint density at radius 1 is 0.929 bits per heavy atom. The molecular weight excluding hydrogens is 357 g/mol. The maximum Gasteiger partial charge on any atom is 0.227 e. The number of carbonyl (C=O) groups excluding carboxylic acids is 2. The Balaban J connectivity index is 1.28. The molecule has 0 radical (unpaired) electrons. The van der Waals surface area contributed by atoms with Crippen molar-refractivity contribution in [2.24, 2.45) is 5.92 Å². The summed E-state index contributed by atoms with van der Waals surface area (Å²) in [5.41, 5.74) is 2.75. The summed E-state index contributed by atoms with van der Waals surface area (Å²) in [5.74, 6) is 0.0913. The topological polar surface area (TPSA) is 52.7 Å². The van der Waals surface area contributed by atoms with Crippen LogP contribution in [0.4, 0.5) is 15.8 Å². The second-order valence-corrected chi connectivity index (χ2v) is 7.48. The molecule has 1 saturated carbocycles. The fourth-order valence-electron chi connectivity index (χ4n) is 3.45. The Morgan fingerprint density at radius 3 is 2.18 bits per heavy atom. The molecule has 1 aliphatic heterocycles. The van der Waals surface area contributed by atoms with Crippen molar-refractivity contribution >= 4 is 23.2 Å². The van der Waals surface area contributed by atoms with Crippen molar-refractivity contribution in [1.82, 2.24) is 4.90 Å². The molecule has 2 amide bonds. The van der Waals surface area contributed by atoms with Gasteiger partial charge in [0.25, 0.3) is 0 Å². The Hall–Kier alpha value is -2.89. The van der Waals surface area contributed by atoms with E-state index in [1.807, 2.05) is 29.2 Å². The average Bonchev–Trinajstić information content (AvgIpc) is 3.56. The maximum absolute atomic E-state index is 13.0. The number of rotatable bonds is 5. The second-order valence-electron chi connectivity index (χ2n) is 7.48. The highest BCUT2D eigenvalue weighted by molar-refractivity contribution is 5.94. The van der Waals surface area contributed by atoms with Crippen molar-refractivity contribution in [2.45, 2.75) is 19.3 Å². The van der Waals surface area contributed by atoms with E-state index in [9.17, 15) is 14.0 Å². The van der Waals surface area contributed by atoms with Gasteiger partial charge in [0, 0.05) is 43.5 Å². The molecule has 0 aromatic heterocycles. The van der Waals surface area contributed by atoms with Gasteiger partial charge in [0.1, 0.15) is 5.82 Å². The summed E-state index contributed by atoms with van der Waals surface area (Å²) in [7, 11) is 0. The zero-order chi connectivity index (χ0) is 19.5. The molecule has 1 heterocycles. The Morgan fingerprint density at radius 2 is 1.57 bits per heavy atom. The molecule has 6 heteroatoms. The predicted molar refractivity (Wildman–Crippen MR) is 107 cm³/mol. The minimum absolute atomic E-state index is 0.0735. The van der Waals surface area contributed by atoms with E-state index in [4.69, 9.17) is 0 Å². The van der Waals surface area contributed by atoms with Crippen molar-refractivity contribution in [3.8, 4) is 0 Å². The Labute approximate surface area is 164 Å². The summed E-state index contributed by atoms with van der Waals surface area (Å²) in [6.07, 6.45) is 2.29. The minimum atomic E-state index is -0.289. The SMILES string of the molecule is O=C(Nc1ccc(N2CCN(C(=O)Cc3ccc(F)cc3)CC2)cc1)C1CC1. The number of piperazine rings is 1. The molecule has 146 valence electrons. The fraction of sp³-hybridized carbons (Fsp3) is 0.364. The number of nitrogens with zero attached hydrogens (tertiary/aromatic N) is 2. The molecule has 0 bridgehead atoms. The van der Waals surface area contributed by atoms with E-state index >= 15 is 0 Å². The van der Waals surface area contributed by atoms with Gasteiger partial charge in [0.05, 0.1) is 6.42 Å². The van der Waals surface area contributed by atoms with Crippen molar-refractivity contribution in [3.05, 3.63) is 59.9 Å². The van der Waals surface area contributed by atoms with Crippen LogP contribution in [0.1, 0.15) is 18.4 Å². The predicted octanol–water partition coefficient (Wildman–Crippen LogP) is 3.07. The van der Waals surface area contributed by atoms with Crippen LogP contribution in [0.15, 0.2) is 48.5 Å². The van der Waals surface area contributed by atoms with Crippen LogP contribution in [-0.4, -0.2) is 42.9 Å². The normalized spacial score (nSPS) is 16.8. The first kappa shape index (κ1) is 18.5. The molecule has 2 fully saturated rings. The molecule has 0 spiro atoms. The molecular formula is C22H24FN3O2. The third-order valence-electron chi connectivity index (χ3n) is 5.35. The third kappa shape index (κ3) is 4.50. The molecule has 2 aromatic carbocycles. The standard InChI is InChI=1S/C22H24FN3O2/c23-18-5-1-16(2-6-18)15-21(27)26-13-11-25(12-14-26)20-9-7-19(8-10-20)24-22(28)17-3-4-17/h1-2,5-10,17H,3-4,11-15H2,(H,24,28). The monoisotopic (exact) mass is 381 g/mol. The van der Waals surface area contributed by atoms with Crippen LogP contribution in [0.25, 0.3) is 0 Å². The molecule has 1 aliphatic carbocycles. The molecule has 0 atom stereocenters. The third-order valence-corrected chi connectivity index (χ3v) is 5.35. The van der Waals surface area contributed by atoms with Crippen LogP contribution in [0.5, 0.6) is 0 Å². The molecule has 2 aliphatic rings. The number of amides is 2.